The minimum Gasteiger partial charge on any atom is -0.490 e. The first-order valence-electron chi connectivity index (χ1n) is 13.7. The molecule has 0 unspecified atom stereocenters. The molecule has 0 fully saturated rings. The molecule has 1 amide bonds. The molecule has 0 aliphatic carbocycles. The molecule has 0 saturated heterocycles. The minimum absolute atomic E-state index is 0.204. The van der Waals surface area contributed by atoms with Gasteiger partial charge in [-0.1, -0.05) is 12.1 Å². The van der Waals surface area contributed by atoms with E-state index in [2.05, 4.69) is 39.8 Å². The van der Waals surface area contributed by atoms with Crippen molar-refractivity contribution in [3.8, 4) is 28.3 Å². The first kappa shape index (κ1) is 28.9. The van der Waals surface area contributed by atoms with E-state index in [-0.39, 0.29) is 13.2 Å². The number of carbonyl (C=O) groups is 1. The zero-order chi connectivity index (χ0) is 29.0. The molecule has 0 radical (unpaired) electrons. The Morgan fingerprint density at radius 2 is 1.88 bits per heavy atom. The van der Waals surface area contributed by atoms with E-state index in [0.29, 0.717) is 30.2 Å². The molecule has 0 bridgehead atoms. The fraction of sp³-hybridized carbons (Fsp3) is 0.387. The maximum atomic E-state index is 14.3. The smallest absolute Gasteiger partial charge is 0.410 e. The number of hydrogen-bond donors (Lipinski definition) is 1. The lowest BCUT2D eigenvalue weighted by molar-refractivity contribution is 0.0216. The number of fused-ring (bicyclic) bond motifs is 2. The van der Waals surface area contributed by atoms with Gasteiger partial charge in [-0.05, 0) is 74.5 Å². The van der Waals surface area contributed by atoms with Crippen LogP contribution in [0.25, 0.3) is 32.6 Å². The lowest BCUT2D eigenvalue weighted by atomic mass is 9.96. The summed E-state index contributed by atoms with van der Waals surface area (Å²) in [4.78, 5) is 13.5. The largest absolute Gasteiger partial charge is 0.490 e. The van der Waals surface area contributed by atoms with Crippen LogP contribution < -0.4 is 10.1 Å². The summed E-state index contributed by atoms with van der Waals surface area (Å²) in [5, 5.41) is 15.7. The molecule has 1 aliphatic rings. The standard InChI is InChI=1S/C31H35FN4O4S/c1-31(2,3)40-30(37)36(4)12-13-38-14-15-39-26-18-23(32)7-8-24(26)28-29-25(10-16-41-29)27(34-35-28)21-5-6-22-19-33-11-9-20(22)17-21/h5-8,10,16-18,33H,9,11-15,19H2,1-4H3. The summed E-state index contributed by atoms with van der Waals surface area (Å²) in [6.07, 6.45) is 0.583. The van der Waals surface area contributed by atoms with Gasteiger partial charge in [0.1, 0.15) is 35.2 Å². The maximum Gasteiger partial charge on any atom is 0.410 e. The lowest BCUT2D eigenvalue weighted by Gasteiger charge is -2.24. The number of thiophene rings is 1. The fourth-order valence-corrected chi connectivity index (χ4v) is 5.54. The van der Waals surface area contributed by atoms with E-state index in [1.165, 1.54) is 28.2 Å². The average molecular weight is 579 g/mol. The van der Waals surface area contributed by atoms with Crippen molar-refractivity contribution in [1.82, 2.24) is 20.4 Å². The van der Waals surface area contributed by atoms with Crippen LogP contribution in [0.3, 0.4) is 0 Å². The van der Waals surface area contributed by atoms with Crippen molar-refractivity contribution in [2.45, 2.75) is 39.3 Å². The second-order valence-corrected chi connectivity index (χ2v) is 11.9. The molecule has 0 saturated carbocycles. The van der Waals surface area contributed by atoms with Crippen molar-refractivity contribution in [2.24, 2.45) is 0 Å². The highest BCUT2D eigenvalue weighted by atomic mass is 32.1. The van der Waals surface area contributed by atoms with Crippen molar-refractivity contribution in [3.05, 3.63) is 64.8 Å². The first-order valence-corrected chi connectivity index (χ1v) is 14.6. The molecular formula is C31H35FN4O4S. The summed E-state index contributed by atoms with van der Waals surface area (Å²) in [7, 11) is 1.66. The summed E-state index contributed by atoms with van der Waals surface area (Å²) in [5.74, 6) is -0.0308. The number of carbonyl (C=O) groups excluding carboxylic acids is 1. The van der Waals surface area contributed by atoms with Crippen molar-refractivity contribution in [3.63, 3.8) is 0 Å². The van der Waals surface area contributed by atoms with E-state index < -0.39 is 17.5 Å². The Kier molecular flexibility index (Phi) is 8.82. The summed E-state index contributed by atoms with van der Waals surface area (Å²) in [5.41, 5.74) is 5.29. The molecule has 10 heteroatoms. The summed E-state index contributed by atoms with van der Waals surface area (Å²) in [6, 6.07) is 13.0. The quantitative estimate of drug-likeness (QED) is 0.241. The van der Waals surface area contributed by atoms with E-state index in [1.807, 2.05) is 26.2 Å². The molecule has 1 aliphatic heterocycles. The van der Waals surface area contributed by atoms with Crippen LogP contribution in [-0.4, -0.2) is 66.7 Å². The predicted molar refractivity (Wildman–Crippen MR) is 159 cm³/mol. The Hall–Kier alpha value is -3.60. The van der Waals surface area contributed by atoms with Gasteiger partial charge in [-0.3, -0.25) is 0 Å². The zero-order valence-electron chi connectivity index (χ0n) is 23.8. The molecule has 216 valence electrons. The Morgan fingerprint density at radius 1 is 1.05 bits per heavy atom. The van der Waals surface area contributed by atoms with Crippen LogP contribution >= 0.6 is 11.3 Å². The zero-order valence-corrected chi connectivity index (χ0v) is 24.6. The summed E-state index contributed by atoms with van der Waals surface area (Å²) in [6.45, 7) is 8.49. The number of halogens is 1. The third-order valence-corrected chi connectivity index (χ3v) is 7.63. The Labute approximate surface area is 243 Å². The number of ether oxygens (including phenoxy) is 3. The van der Waals surface area contributed by atoms with Gasteiger partial charge in [0.25, 0.3) is 0 Å². The van der Waals surface area contributed by atoms with Gasteiger partial charge in [-0.2, -0.15) is 0 Å². The van der Waals surface area contributed by atoms with E-state index in [9.17, 15) is 9.18 Å². The van der Waals surface area contributed by atoms with E-state index >= 15 is 0 Å². The molecule has 2 aromatic heterocycles. The number of nitrogens with one attached hydrogen (secondary N) is 1. The van der Waals surface area contributed by atoms with Gasteiger partial charge in [0.05, 0.1) is 17.9 Å². The van der Waals surface area contributed by atoms with E-state index in [1.54, 1.807) is 24.5 Å². The van der Waals surface area contributed by atoms with Gasteiger partial charge in [-0.15, -0.1) is 21.5 Å². The second-order valence-electron chi connectivity index (χ2n) is 11.0. The van der Waals surface area contributed by atoms with Crippen LogP contribution in [0.15, 0.2) is 47.8 Å². The van der Waals surface area contributed by atoms with Crippen LogP contribution in [0.4, 0.5) is 9.18 Å². The topological polar surface area (TPSA) is 85.8 Å². The molecule has 1 N–H and O–H groups in total. The number of rotatable bonds is 9. The molecular weight excluding hydrogens is 543 g/mol. The third-order valence-electron chi connectivity index (χ3n) is 6.71. The predicted octanol–water partition coefficient (Wildman–Crippen LogP) is 6.07. The maximum absolute atomic E-state index is 14.3. The normalized spacial score (nSPS) is 13.2. The first-order chi connectivity index (χ1) is 19.7. The molecule has 41 heavy (non-hydrogen) atoms. The van der Waals surface area contributed by atoms with Gasteiger partial charge in [0.15, 0.2) is 0 Å². The molecule has 2 aromatic carbocycles. The highest BCUT2D eigenvalue weighted by Gasteiger charge is 2.20. The molecule has 8 nitrogen and oxygen atoms in total. The van der Waals surface area contributed by atoms with Crippen molar-refractivity contribution in [2.75, 3.05) is 40.0 Å². The molecule has 5 rings (SSSR count). The van der Waals surface area contributed by atoms with Crippen molar-refractivity contribution in [1.29, 1.82) is 0 Å². The van der Waals surface area contributed by atoms with Gasteiger partial charge >= 0.3 is 6.09 Å². The number of likely N-dealkylation sites (N-methyl/N-ethyl adjacent to an activating group) is 1. The van der Waals surface area contributed by atoms with Gasteiger partial charge in [-0.25, -0.2) is 9.18 Å². The molecule has 4 aromatic rings. The van der Waals surface area contributed by atoms with Crippen LogP contribution in [0.1, 0.15) is 31.9 Å². The molecule has 0 spiro atoms. The number of amides is 1. The number of benzene rings is 2. The third kappa shape index (κ3) is 7.01. The Bertz CT molecular complexity index is 1530. The average Bonchev–Trinajstić information content (AvgIpc) is 3.44. The van der Waals surface area contributed by atoms with Crippen LogP contribution in [0.5, 0.6) is 5.75 Å². The number of nitrogens with zero attached hydrogens (tertiary/aromatic N) is 3. The molecule has 0 atom stereocenters. The van der Waals surface area contributed by atoms with Gasteiger partial charge in [0.2, 0.25) is 0 Å². The van der Waals surface area contributed by atoms with Crippen LogP contribution in [-0.2, 0) is 22.4 Å². The fourth-order valence-electron chi connectivity index (χ4n) is 4.65. The van der Waals surface area contributed by atoms with Crippen molar-refractivity contribution >= 4 is 27.5 Å². The number of aromatic nitrogens is 2. The monoisotopic (exact) mass is 578 g/mol. The van der Waals surface area contributed by atoms with E-state index in [0.717, 1.165) is 40.9 Å². The van der Waals surface area contributed by atoms with Crippen LogP contribution in [0.2, 0.25) is 0 Å². The molecule has 3 heterocycles. The van der Waals surface area contributed by atoms with E-state index in [4.69, 9.17) is 14.2 Å². The van der Waals surface area contributed by atoms with Crippen LogP contribution in [0, 0.1) is 5.82 Å². The highest BCUT2D eigenvalue weighted by molar-refractivity contribution is 7.17. The SMILES string of the molecule is CN(CCOCCOc1cc(F)ccc1-c1nnc(-c2ccc3c(c2)CCNC3)c2ccsc12)C(=O)OC(C)(C)C. The van der Waals surface area contributed by atoms with Crippen molar-refractivity contribution < 1.29 is 23.4 Å². The highest BCUT2D eigenvalue weighted by Crippen LogP contribution is 2.39. The summed E-state index contributed by atoms with van der Waals surface area (Å²) >= 11 is 1.57. The van der Waals surface area contributed by atoms with Gasteiger partial charge < -0.3 is 24.4 Å². The minimum atomic E-state index is -0.555. The summed E-state index contributed by atoms with van der Waals surface area (Å²) < 4.78 is 32.2. The Morgan fingerprint density at radius 3 is 2.71 bits per heavy atom. The lowest BCUT2D eigenvalue weighted by Crippen LogP contribution is -2.36. The number of hydrogen-bond acceptors (Lipinski definition) is 8. The Balaban J connectivity index is 1.27. The van der Waals surface area contributed by atoms with Gasteiger partial charge in [0, 0.05) is 42.7 Å². The second kappa shape index (κ2) is 12.5.